The standard InChI is InChI=1S/C13H20N2O5S2/c1-20-12-4-6-13(7-5-12)22(18,19)14-8-10-15-9-2-3-11-21(15,16)17/h4-7,14H,2-3,8-11H2,1H3. The van der Waals surface area contributed by atoms with Crippen LogP contribution in [0.3, 0.4) is 0 Å². The number of nitrogens with one attached hydrogen (secondary N) is 1. The Morgan fingerprint density at radius 1 is 1.23 bits per heavy atom. The van der Waals surface area contributed by atoms with E-state index in [4.69, 9.17) is 4.74 Å². The zero-order chi connectivity index (χ0) is 16.2. The molecule has 124 valence electrons. The van der Waals surface area contributed by atoms with E-state index in [1.165, 1.54) is 23.5 Å². The number of nitrogens with zero attached hydrogens (tertiary/aromatic N) is 1. The van der Waals surface area contributed by atoms with E-state index in [2.05, 4.69) is 4.72 Å². The number of hydrogen-bond acceptors (Lipinski definition) is 5. The Balaban J connectivity index is 1.94. The average molecular weight is 348 g/mol. The summed E-state index contributed by atoms with van der Waals surface area (Å²) in [5, 5.41) is 0. The molecule has 0 unspecified atom stereocenters. The van der Waals surface area contributed by atoms with Crippen molar-refractivity contribution >= 4 is 20.0 Å². The van der Waals surface area contributed by atoms with Gasteiger partial charge in [-0.1, -0.05) is 0 Å². The summed E-state index contributed by atoms with van der Waals surface area (Å²) in [7, 11) is -5.38. The van der Waals surface area contributed by atoms with Crippen molar-refractivity contribution in [2.45, 2.75) is 17.7 Å². The summed E-state index contributed by atoms with van der Waals surface area (Å²) in [6.07, 6.45) is 1.47. The fraction of sp³-hybridized carbons (Fsp3) is 0.538. The Labute approximate surface area is 131 Å². The van der Waals surface area contributed by atoms with E-state index < -0.39 is 20.0 Å². The van der Waals surface area contributed by atoms with Gasteiger partial charge in [0.25, 0.3) is 0 Å². The van der Waals surface area contributed by atoms with Gasteiger partial charge < -0.3 is 4.74 Å². The van der Waals surface area contributed by atoms with Gasteiger partial charge in [0.15, 0.2) is 0 Å². The third kappa shape index (κ3) is 4.19. The van der Waals surface area contributed by atoms with Crippen molar-refractivity contribution in [3.05, 3.63) is 24.3 Å². The first-order valence-corrected chi connectivity index (χ1v) is 10.1. The highest BCUT2D eigenvalue weighted by Crippen LogP contribution is 2.16. The minimum Gasteiger partial charge on any atom is -0.497 e. The number of sulfonamides is 2. The van der Waals surface area contributed by atoms with Crippen LogP contribution in [0.2, 0.25) is 0 Å². The molecule has 1 aliphatic rings. The molecule has 0 aliphatic carbocycles. The van der Waals surface area contributed by atoms with Crippen LogP contribution in [0.5, 0.6) is 5.75 Å². The zero-order valence-corrected chi connectivity index (χ0v) is 14.0. The molecule has 0 bridgehead atoms. The third-order valence-electron chi connectivity index (χ3n) is 3.48. The maximum absolute atomic E-state index is 12.1. The molecule has 1 fully saturated rings. The lowest BCUT2D eigenvalue weighted by Gasteiger charge is -2.26. The van der Waals surface area contributed by atoms with Gasteiger partial charge in [0.1, 0.15) is 5.75 Å². The van der Waals surface area contributed by atoms with Crippen molar-refractivity contribution in [3.8, 4) is 5.75 Å². The Morgan fingerprint density at radius 2 is 1.91 bits per heavy atom. The molecule has 1 aromatic rings. The van der Waals surface area contributed by atoms with Crippen molar-refractivity contribution in [2.24, 2.45) is 0 Å². The first kappa shape index (κ1) is 17.2. The van der Waals surface area contributed by atoms with Crippen LogP contribution in [-0.2, 0) is 20.0 Å². The maximum Gasteiger partial charge on any atom is 0.240 e. The molecule has 0 radical (unpaired) electrons. The summed E-state index contributed by atoms with van der Waals surface area (Å²) in [4.78, 5) is 0.120. The maximum atomic E-state index is 12.1. The van der Waals surface area contributed by atoms with Crippen LogP contribution in [-0.4, -0.2) is 53.6 Å². The van der Waals surface area contributed by atoms with E-state index in [0.29, 0.717) is 18.7 Å². The highest BCUT2D eigenvalue weighted by atomic mass is 32.2. The van der Waals surface area contributed by atoms with E-state index in [-0.39, 0.29) is 23.7 Å². The molecule has 1 heterocycles. The SMILES string of the molecule is COc1ccc(S(=O)(=O)NCCN2CCCCS2(=O)=O)cc1. The zero-order valence-electron chi connectivity index (χ0n) is 12.4. The van der Waals surface area contributed by atoms with E-state index in [1.807, 2.05) is 0 Å². The highest BCUT2D eigenvalue weighted by molar-refractivity contribution is 7.89. The van der Waals surface area contributed by atoms with Crippen LogP contribution >= 0.6 is 0 Å². The molecular formula is C13H20N2O5S2. The molecule has 9 heteroatoms. The van der Waals surface area contributed by atoms with Gasteiger partial charge in [-0.25, -0.2) is 25.9 Å². The van der Waals surface area contributed by atoms with E-state index in [0.717, 1.165) is 6.42 Å². The van der Waals surface area contributed by atoms with Crippen molar-refractivity contribution in [2.75, 3.05) is 32.5 Å². The Hall–Kier alpha value is -1.16. The first-order chi connectivity index (χ1) is 10.3. The summed E-state index contributed by atoms with van der Waals surface area (Å²) in [6.45, 7) is 0.651. The smallest absolute Gasteiger partial charge is 0.240 e. The van der Waals surface area contributed by atoms with Gasteiger partial charge in [-0.3, -0.25) is 0 Å². The molecule has 1 saturated heterocycles. The van der Waals surface area contributed by atoms with Gasteiger partial charge in [-0.2, -0.15) is 0 Å². The average Bonchev–Trinajstić information content (AvgIpc) is 2.49. The van der Waals surface area contributed by atoms with Gasteiger partial charge in [-0.05, 0) is 37.1 Å². The summed E-state index contributed by atoms with van der Waals surface area (Å²) < 4.78 is 56.6. The van der Waals surface area contributed by atoms with Crippen molar-refractivity contribution in [3.63, 3.8) is 0 Å². The third-order valence-corrected chi connectivity index (χ3v) is 6.91. The molecule has 22 heavy (non-hydrogen) atoms. The van der Waals surface area contributed by atoms with E-state index in [1.54, 1.807) is 12.1 Å². The second kappa shape index (κ2) is 6.95. The van der Waals surface area contributed by atoms with Crippen molar-refractivity contribution < 1.29 is 21.6 Å². The van der Waals surface area contributed by atoms with Gasteiger partial charge in [0.05, 0.1) is 17.8 Å². The normalized spacial score (nSPS) is 19.0. The Bertz CT molecular complexity index is 698. The molecule has 0 saturated carbocycles. The predicted molar refractivity (Wildman–Crippen MR) is 82.8 cm³/mol. The Kier molecular flexibility index (Phi) is 5.43. The quantitative estimate of drug-likeness (QED) is 0.803. The summed E-state index contributed by atoms with van der Waals surface area (Å²) >= 11 is 0. The van der Waals surface area contributed by atoms with Crippen LogP contribution < -0.4 is 9.46 Å². The van der Waals surface area contributed by atoms with Gasteiger partial charge in [-0.15, -0.1) is 0 Å². The number of hydrogen-bond donors (Lipinski definition) is 1. The number of methoxy groups -OCH3 is 1. The van der Waals surface area contributed by atoms with Crippen LogP contribution in [0.15, 0.2) is 29.2 Å². The molecule has 0 aromatic heterocycles. The molecule has 2 rings (SSSR count). The van der Waals surface area contributed by atoms with Crippen LogP contribution in [0.4, 0.5) is 0 Å². The summed E-state index contributed by atoms with van der Waals surface area (Å²) in [6, 6.07) is 6.00. The fourth-order valence-electron chi connectivity index (χ4n) is 2.23. The minimum atomic E-state index is -3.65. The van der Waals surface area contributed by atoms with Crippen molar-refractivity contribution in [1.82, 2.24) is 9.03 Å². The molecule has 0 amide bonds. The minimum absolute atomic E-state index is 0.0492. The van der Waals surface area contributed by atoms with Gasteiger partial charge >= 0.3 is 0 Å². The molecule has 0 atom stereocenters. The molecule has 1 aromatic carbocycles. The second-order valence-electron chi connectivity index (χ2n) is 5.00. The number of benzene rings is 1. The van der Waals surface area contributed by atoms with E-state index in [9.17, 15) is 16.8 Å². The fourth-order valence-corrected chi connectivity index (χ4v) is 4.86. The van der Waals surface area contributed by atoms with Gasteiger partial charge in [0.2, 0.25) is 20.0 Å². The highest BCUT2D eigenvalue weighted by Gasteiger charge is 2.25. The lowest BCUT2D eigenvalue weighted by molar-refractivity contribution is 0.386. The molecule has 1 aliphatic heterocycles. The largest absolute Gasteiger partial charge is 0.497 e. The first-order valence-electron chi connectivity index (χ1n) is 6.97. The molecular weight excluding hydrogens is 328 g/mol. The molecule has 1 N–H and O–H groups in total. The topological polar surface area (TPSA) is 92.8 Å². The van der Waals surface area contributed by atoms with Crippen LogP contribution in [0, 0.1) is 0 Å². The van der Waals surface area contributed by atoms with Gasteiger partial charge in [0, 0.05) is 19.6 Å². The number of rotatable bonds is 6. The second-order valence-corrected chi connectivity index (χ2v) is 8.85. The van der Waals surface area contributed by atoms with E-state index >= 15 is 0 Å². The summed E-state index contributed by atoms with van der Waals surface area (Å²) in [5.74, 6) is 0.705. The van der Waals surface area contributed by atoms with Crippen LogP contribution in [0.25, 0.3) is 0 Å². The van der Waals surface area contributed by atoms with Crippen molar-refractivity contribution in [1.29, 1.82) is 0 Å². The monoisotopic (exact) mass is 348 g/mol. The lowest BCUT2D eigenvalue weighted by Crippen LogP contribution is -2.42. The van der Waals surface area contributed by atoms with Crippen LogP contribution in [0.1, 0.15) is 12.8 Å². The lowest BCUT2D eigenvalue weighted by atomic mass is 10.3. The summed E-state index contributed by atoms with van der Waals surface area (Å²) in [5.41, 5.74) is 0. The predicted octanol–water partition coefficient (Wildman–Crippen LogP) is 0.399. The molecule has 7 nitrogen and oxygen atoms in total. The Morgan fingerprint density at radius 3 is 2.50 bits per heavy atom. The molecule has 0 spiro atoms. The number of ether oxygens (including phenoxy) is 1.